The van der Waals surface area contributed by atoms with Crippen LogP contribution in [-0.2, 0) is 0 Å². The largest absolute Gasteiger partial charge is 0.245 e. The Bertz CT molecular complexity index is 397. The molecule has 1 atom stereocenters. The smallest absolute Gasteiger partial charge is 0.242 e. The summed E-state index contributed by atoms with van der Waals surface area (Å²) in [6.45, 7) is 6.45. The predicted octanol–water partition coefficient (Wildman–Crippen LogP) is 2.75. The molecule has 17 heavy (non-hydrogen) atoms. The Balaban J connectivity index is 2.23. The Labute approximate surface area is 107 Å². The minimum Gasteiger partial charge on any atom is -0.245 e. The molecule has 0 radical (unpaired) electrons. The fraction of sp³-hybridized carbons (Fsp3) is 0.667. The van der Waals surface area contributed by atoms with Crippen LogP contribution in [0.4, 0.5) is 0 Å². The van der Waals surface area contributed by atoms with Gasteiger partial charge in [-0.25, -0.2) is 15.0 Å². The molecule has 0 amide bonds. The number of allylic oxidation sites excluding steroid dienone is 2. The molecule has 0 aliphatic carbocycles. The van der Waals surface area contributed by atoms with Gasteiger partial charge in [0.05, 0.1) is 0 Å². The van der Waals surface area contributed by atoms with Gasteiger partial charge in [0.15, 0.2) is 5.50 Å². The molecule has 0 aromatic rings. The first kappa shape index (κ1) is 12.6. The van der Waals surface area contributed by atoms with Crippen molar-refractivity contribution >= 4 is 23.4 Å². The molecule has 0 aromatic carbocycles. The van der Waals surface area contributed by atoms with E-state index in [9.17, 15) is 0 Å². The number of nitrogens with one attached hydrogen (secondary N) is 1. The van der Waals surface area contributed by atoms with Crippen LogP contribution in [0.1, 0.15) is 40.0 Å². The zero-order chi connectivity index (χ0) is 12.4. The van der Waals surface area contributed by atoms with Gasteiger partial charge in [-0.1, -0.05) is 13.3 Å². The molecule has 0 spiro atoms. The first-order valence-corrected chi connectivity index (χ1v) is 7.38. The molecular weight excluding hydrogens is 232 g/mol. The van der Waals surface area contributed by atoms with Gasteiger partial charge in [0.2, 0.25) is 5.96 Å². The number of guanidine groups is 1. The van der Waals surface area contributed by atoms with Gasteiger partial charge in [-0.3, -0.25) is 0 Å². The lowest BCUT2D eigenvalue weighted by atomic mass is 10.0. The van der Waals surface area contributed by atoms with E-state index in [-0.39, 0.29) is 5.50 Å². The third kappa shape index (κ3) is 2.40. The Morgan fingerprint density at radius 1 is 1.41 bits per heavy atom. The lowest BCUT2D eigenvalue weighted by Gasteiger charge is -2.27. The molecule has 5 heteroatoms. The van der Waals surface area contributed by atoms with Gasteiger partial charge in [0.1, 0.15) is 0 Å². The molecule has 2 heterocycles. The number of unbranched alkanes of at least 4 members (excludes halogenated alkanes) is 1. The van der Waals surface area contributed by atoms with Gasteiger partial charge in [-0.15, -0.1) is 11.8 Å². The Morgan fingerprint density at radius 3 is 2.82 bits per heavy atom. The van der Waals surface area contributed by atoms with E-state index >= 15 is 0 Å². The summed E-state index contributed by atoms with van der Waals surface area (Å²) in [5, 5.41) is 2.03. The summed E-state index contributed by atoms with van der Waals surface area (Å²) in [5.74, 6) is 0.805. The Kier molecular flexibility index (Phi) is 3.89. The number of hydrazine groups is 1. The van der Waals surface area contributed by atoms with Gasteiger partial charge >= 0.3 is 0 Å². The van der Waals surface area contributed by atoms with E-state index in [1.165, 1.54) is 24.1 Å². The van der Waals surface area contributed by atoms with Crippen molar-refractivity contribution in [2.24, 2.45) is 9.98 Å². The number of hydrogen-bond donors (Lipinski definition) is 1. The second kappa shape index (κ2) is 5.23. The molecule has 2 aliphatic rings. The lowest BCUT2D eigenvalue weighted by molar-refractivity contribution is 0.396. The summed E-state index contributed by atoms with van der Waals surface area (Å²) in [4.78, 5) is 9.10. The van der Waals surface area contributed by atoms with E-state index in [1.807, 2.05) is 11.3 Å². The van der Waals surface area contributed by atoms with Crippen LogP contribution < -0.4 is 5.43 Å². The summed E-state index contributed by atoms with van der Waals surface area (Å²) in [6.07, 6.45) is 5.58. The highest BCUT2D eigenvalue weighted by molar-refractivity contribution is 7.99. The highest BCUT2D eigenvalue weighted by Crippen LogP contribution is 2.26. The van der Waals surface area contributed by atoms with E-state index in [4.69, 9.17) is 0 Å². The average Bonchev–Trinajstić information content (AvgIpc) is 2.72. The second-order valence-corrected chi connectivity index (χ2v) is 5.26. The quantitative estimate of drug-likeness (QED) is 0.836. The summed E-state index contributed by atoms with van der Waals surface area (Å²) >= 11 is 1.69. The minimum atomic E-state index is 0.0991. The highest BCUT2D eigenvalue weighted by Gasteiger charge is 2.30. The maximum Gasteiger partial charge on any atom is 0.242 e. The maximum absolute atomic E-state index is 4.59. The monoisotopic (exact) mass is 252 g/mol. The van der Waals surface area contributed by atoms with Crippen LogP contribution in [0.3, 0.4) is 0 Å². The van der Waals surface area contributed by atoms with E-state index in [0.717, 1.165) is 18.1 Å². The molecule has 0 saturated heterocycles. The van der Waals surface area contributed by atoms with Crippen molar-refractivity contribution in [3.8, 4) is 0 Å². The van der Waals surface area contributed by atoms with Crippen LogP contribution in [0.5, 0.6) is 0 Å². The summed E-state index contributed by atoms with van der Waals surface area (Å²) in [5.41, 5.74) is 7.18. The second-order valence-electron chi connectivity index (χ2n) is 4.35. The topological polar surface area (TPSA) is 40.0 Å². The van der Waals surface area contributed by atoms with Gasteiger partial charge < -0.3 is 0 Å². The van der Waals surface area contributed by atoms with Crippen molar-refractivity contribution in [3.05, 3.63) is 11.3 Å². The Morgan fingerprint density at radius 2 is 2.18 bits per heavy atom. The third-order valence-electron chi connectivity index (χ3n) is 3.15. The molecule has 1 N–H and O–H groups in total. The molecule has 0 fully saturated rings. The fourth-order valence-corrected chi connectivity index (χ4v) is 2.53. The van der Waals surface area contributed by atoms with Gasteiger partial charge in [-0.05, 0) is 38.5 Å². The van der Waals surface area contributed by atoms with Gasteiger partial charge in [0, 0.05) is 11.4 Å². The molecule has 94 valence electrons. The van der Waals surface area contributed by atoms with Crippen LogP contribution in [0.15, 0.2) is 21.3 Å². The molecule has 2 rings (SSSR count). The third-order valence-corrected chi connectivity index (χ3v) is 3.81. The van der Waals surface area contributed by atoms with Crippen molar-refractivity contribution in [3.63, 3.8) is 0 Å². The molecule has 0 aromatic heterocycles. The van der Waals surface area contributed by atoms with Crippen LogP contribution in [0, 0.1) is 0 Å². The number of nitrogens with zero attached hydrogens (tertiary/aromatic N) is 3. The zero-order valence-corrected chi connectivity index (χ0v) is 11.8. The van der Waals surface area contributed by atoms with Crippen molar-refractivity contribution < 1.29 is 0 Å². The molecule has 1 unspecified atom stereocenters. The van der Waals surface area contributed by atoms with Crippen molar-refractivity contribution in [2.75, 3.05) is 6.26 Å². The number of hydrogen-bond acceptors (Lipinski definition) is 5. The van der Waals surface area contributed by atoms with Crippen LogP contribution >= 0.6 is 11.8 Å². The number of rotatable bonds is 4. The van der Waals surface area contributed by atoms with Crippen LogP contribution in [0.25, 0.3) is 0 Å². The normalized spacial score (nSPS) is 23.8. The van der Waals surface area contributed by atoms with Gasteiger partial charge in [-0.2, -0.15) is 5.43 Å². The molecular formula is C12H20N4S. The number of aliphatic imine (C=N–C) groups is 2. The van der Waals surface area contributed by atoms with E-state index in [2.05, 4.69) is 36.2 Å². The standard InChI is InChI=1S/C12H20N4S/c1-5-6-7-10-8(2)13-11-14-12(17-4)15-16(11)9(10)3/h12,15H,5-7H2,1-4H3. The molecule has 0 bridgehead atoms. The maximum atomic E-state index is 4.59. The van der Waals surface area contributed by atoms with Crippen LogP contribution in [-0.4, -0.2) is 28.4 Å². The summed E-state index contributed by atoms with van der Waals surface area (Å²) in [7, 11) is 0. The summed E-state index contributed by atoms with van der Waals surface area (Å²) < 4.78 is 0. The Hall–Kier alpha value is -0.810. The number of fused-ring (bicyclic) bond motifs is 1. The van der Waals surface area contributed by atoms with Gasteiger partial charge in [0.25, 0.3) is 0 Å². The van der Waals surface area contributed by atoms with E-state index < -0.39 is 0 Å². The van der Waals surface area contributed by atoms with Crippen molar-refractivity contribution in [1.29, 1.82) is 0 Å². The first-order chi connectivity index (χ1) is 8.17. The zero-order valence-electron chi connectivity index (χ0n) is 10.9. The highest BCUT2D eigenvalue weighted by atomic mass is 32.2. The summed E-state index contributed by atoms with van der Waals surface area (Å²) in [6, 6.07) is 0. The SMILES string of the molecule is CCCCC1=C(C)N2NC(SC)N=C2N=C1C. The van der Waals surface area contributed by atoms with E-state index in [0.29, 0.717) is 0 Å². The fourth-order valence-electron chi connectivity index (χ4n) is 2.12. The first-order valence-electron chi connectivity index (χ1n) is 6.09. The van der Waals surface area contributed by atoms with Crippen molar-refractivity contribution in [1.82, 2.24) is 10.4 Å². The predicted molar refractivity (Wildman–Crippen MR) is 75.0 cm³/mol. The molecule has 2 aliphatic heterocycles. The minimum absolute atomic E-state index is 0.0991. The average molecular weight is 252 g/mol. The lowest BCUT2D eigenvalue weighted by Crippen LogP contribution is -2.40. The number of thioether (sulfide) groups is 1. The van der Waals surface area contributed by atoms with Crippen molar-refractivity contribution in [2.45, 2.75) is 45.5 Å². The van der Waals surface area contributed by atoms with E-state index in [1.54, 1.807) is 11.8 Å². The molecule has 4 nitrogen and oxygen atoms in total. The molecule has 0 saturated carbocycles. The van der Waals surface area contributed by atoms with Crippen LogP contribution in [0.2, 0.25) is 0 Å².